The SMILES string of the molecule is CCCCC[C@H]1c2cc(OC)c(OC)cc2[C@@H](O)[C@H](CO)N1C. The van der Waals surface area contributed by atoms with Crippen LogP contribution in [0.5, 0.6) is 11.5 Å². The predicted molar refractivity (Wildman–Crippen MR) is 90.0 cm³/mol. The maximum absolute atomic E-state index is 10.7. The van der Waals surface area contributed by atoms with E-state index >= 15 is 0 Å². The Bertz CT molecular complexity index is 520. The van der Waals surface area contributed by atoms with E-state index in [9.17, 15) is 10.2 Å². The summed E-state index contributed by atoms with van der Waals surface area (Å²) in [5.41, 5.74) is 1.90. The Kier molecular flexibility index (Phi) is 6.27. The second-order valence-electron chi connectivity index (χ2n) is 6.21. The third-order valence-electron chi connectivity index (χ3n) is 4.91. The predicted octanol–water partition coefficient (Wildman–Crippen LogP) is 2.66. The highest BCUT2D eigenvalue weighted by molar-refractivity contribution is 5.50. The molecule has 0 saturated heterocycles. The number of aliphatic hydroxyl groups excluding tert-OH is 2. The van der Waals surface area contributed by atoms with Gasteiger partial charge in [-0.15, -0.1) is 0 Å². The van der Waals surface area contributed by atoms with E-state index in [0.29, 0.717) is 11.5 Å². The minimum Gasteiger partial charge on any atom is -0.493 e. The van der Waals surface area contributed by atoms with Gasteiger partial charge in [-0.25, -0.2) is 0 Å². The van der Waals surface area contributed by atoms with E-state index in [2.05, 4.69) is 11.8 Å². The quantitative estimate of drug-likeness (QED) is 0.756. The number of aliphatic hydroxyl groups is 2. The number of nitrogens with zero attached hydrogens (tertiary/aromatic N) is 1. The summed E-state index contributed by atoms with van der Waals surface area (Å²) >= 11 is 0. The molecule has 0 spiro atoms. The van der Waals surface area contributed by atoms with Crippen molar-refractivity contribution in [2.75, 3.05) is 27.9 Å². The van der Waals surface area contributed by atoms with Crippen LogP contribution in [0.1, 0.15) is 55.9 Å². The minimum absolute atomic E-state index is 0.0737. The van der Waals surface area contributed by atoms with Gasteiger partial charge in [-0.1, -0.05) is 26.2 Å². The van der Waals surface area contributed by atoms with E-state index in [1.807, 2.05) is 19.2 Å². The maximum Gasteiger partial charge on any atom is 0.161 e. The normalized spacial score (nSPS) is 24.3. The molecule has 130 valence electrons. The molecule has 1 aromatic carbocycles. The van der Waals surface area contributed by atoms with Crippen molar-refractivity contribution in [3.8, 4) is 11.5 Å². The minimum atomic E-state index is -0.734. The maximum atomic E-state index is 10.7. The van der Waals surface area contributed by atoms with Crippen LogP contribution in [0.15, 0.2) is 12.1 Å². The van der Waals surface area contributed by atoms with Crippen LogP contribution in [-0.4, -0.2) is 49.0 Å². The van der Waals surface area contributed by atoms with Crippen LogP contribution in [0.2, 0.25) is 0 Å². The summed E-state index contributed by atoms with van der Waals surface area (Å²) in [5, 5.41) is 20.4. The second kappa shape index (κ2) is 7.99. The number of likely N-dealkylation sites (N-methyl/N-ethyl adjacent to an activating group) is 1. The molecule has 1 aliphatic rings. The summed E-state index contributed by atoms with van der Waals surface area (Å²) in [6.07, 6.45) is 3.73. The van der Waals surface area contributed by atoms with Crippen LogP contribution in [0, 0.1) is 0 Å². The Morgan fingerprint density at radius 2 is 1.70 bits per heavy atom. The molecule has 1 aromatic rings. The van der Waals surface area contributed by atoms with Gasteiger partial charge in [-0.3, -0.25) is 4.90 Å². The number of hydrogen-bond donors (Lipinski definition) is 2. The Morgan fingerprint density at radius 1 is 1.09 bits per heavy atom. The van der Waals surface area contributed by atoms with Gasteiger partial charge in [0.15, 0.2) is 11.5 Å². The lowest BCUT2D eigenvalue weighted by Crippen LogP contribution is -2.46. The van der Waals surface area contributed by atoms with Gasteiger partial charge in [-0.05, 0) is 36.7 Å². The molecular weight excluding hydrogens is 294 g/mol. The lowest BCUT2D eigenvalue weighted by molar-refractivity contribution is -0.0112. The zero-order chi connectivity index (χ0) is 17.0. The zero-order valence-electron chi connectivity index (χ0n) is 14.6. The van der Waals surface area contributed by atoms with E-state index in [1.165, 1.54) is 12.8 Å². The fraction of sp³-hybridized carbons (Fsp3) is 0.667. The van der Waals surface area contributed by atoms with Gasteiger partial charge < -0.3 is 19.7 Å². The van der Waals surface area contributed by atoms with Gasteiger partial charge in [0.05, 0.1) is 33.0 Å². The molecule has 0 amide bonds. The number of fused-ring (bicyclic) bond motifs is 1. The Balaban J connectivity index is 2.46. The number of ether oxygens (including phenoxy) is 2. The van der Waals surface area contributed by atoms with Crippen LogP contribution in [0.25, 0.3) is 0 Å². The van der Waals surface area contributed by atoms with Gasteiger partial charge in [0.2, 0.25) is 0 Å². The van der Waals surface area contributed by atoms with Crippen molar-refractivity contribution in [2.45, 2.75) is 50.8 Å². The van der Waals surface area contributed by atoms with Gasteiger partial charge in [-0.2, -0.15) is 0 Å². The molecule has 1 aliphatic heterocycles. The number of methoxy groups -OCH3 is 2. The highest BCUT2D eigenvalue weighted by Crippen LogP contribution is 2.44. The number of rotatable bonds is 7. The largest absolute Gasteiger partial charge is 0.493 e. The van der Waals surface area contributed by atoms with E-state index in [-0.39, 0.29) is 18.7 Å². The van der Waals surface area contributed by atoms with Crippen LogP contribution in [0.4, 0.5) is 0 Å². The van der Waals surface area contributed by atoms with Crippen molar-refractivity contribution >= 4 is 0 Å². The fourth-order valence-corrected chi connectivity index (χ4v) is 3.51. The van der Waals surface area contributed by atoms with Gasteiger partial charge >= 0.3 is 0 Å². The topological polar surface area (TPSA) is 62.2 Å². The Morgan fingerprint density at radius 3 is 2.22 bits per heavy atom. The van der Waals surface area contributed by atoms with Crippen molar-refractivity contribution in [1.29, 1.82) is 0 Å². The standard InChI is InChI=1S/C18H29NO4/c1-5-6-7-8-14-12-9-16(22-3)17(23-4)10-13(12)18(21)15(11-20)19(14)2/h9-10,14-15,18,20-21H,5-8,11H2,1-4H3/t14-,15-,18+/m0/s1. The smallest absolute Gasteiger partial charge is 0.161 e. The molecule has 23 heavy (non-hydrogen) atoms. The highest BCUT2D eigenvalue weighted by Gasteiger charge is 2.38. The first-order valence-corrected chi connectivity index (χ1v) is 8.35. The van der Waals surface area contributed by atoms with Crippen LogP contribution in [0.3, 0.4) is 0 Å². The van der Waals surface area contributed by atoms with E-state index < -0.39 is 6.10 Å². The molecule has 0 fully saturated rings. The molecular formula is C18H29NO4. The summed E-state index contributed by atoms with van der Waals surface area (Å²) in [7, 11) is 5.18. The first-order valence-electron chi connectivity index (χ1n) is 8.35. The summed E-state index contributed by atoms with van der Waals surface area (Å²) in [4.78, 5) is 2.09. The average molecular weight is 323 g/mol. The van der Waals surface area contributed by atoms with Gasteiger partial charge in [0, 0.05) is 6.04 Å². The number of unbranched alkanes of at least 4 members (excludes halogenated alkanes) is 2. The summed E-state index contributed by atoms with van der Waals surface area (Å²) in [5.74, 6) is 1.29. The molecule has 5 nitrogen and oxygen atoms in total. The van der Waals surface area contributed by atoms with E-state index in [4.69, 9.17) is 9.47 Å². The third-order valence-corrected chi connectivity index (χ3v) is 4.91. The molecule has 2 N–H and O–H groups in total. The summed E-state index contributed by atoms with van der Waals surface area (Å²) in [6, 6.07) is 3.68. The van der Waals surface area contributed by atoms with Gasteiger partial charge in [0.1, 0.15) is 0 Å². The van der Waals surface area contributed by atoms with Crippen molar-refractivity contribution in [2.24, 2.45) is 0 Å². The average Bonchev–Trinajstić information content (AvgIpc) is 2.57. The second-order valence-corrected chi connectivity index (χ2v) is 6.21. The molecule has 5 heteroatoms. The van der Waals surface area contributed by atoms with Crippen LogP contribution < -0.4 is 9.47 Å². The lowest BCUT2D eigenvalue weighted by atomic mass is 9.84. The highest BCUT2D eigenvalue weighted by atomic mass is 16.5. The molecule has 0 saturated carbocycles. The Labute approximate surface area is 138 Å². The molecule has 3 atom stereocenters. The molecule has 0 radical (unpaired) electrons. The van der Waals surface area contributed by atoms with Crippen molar-refractivity contribution in [1.82, 2.24) is 4.90 Å². The Hall–Kier alpha value is -1.30. The molecule has 0 unspecified atom stereocenters. The monoisotopic (exact) mass is 323 g/mol. The number of benzene rings is 1. The third kappa shape index (κ3) is 3.47. The number of hydrogen-bond acceptors (Lipinski definition) is 5. The molecule has 2 rings (SSSR count). The lowest BCUT2D eigenvalue weighted by Gasteiger charge is -2.43. The van der Waals surface area contributed by atoms with E-state index in [0.717, 1.165) is 24.0 Å². The zero-order valence-corrected chi connectivity index (χ0v) is 14.6. The summed E-state index contributed by atoms with van der Waals surface area (Å²) < 4.78 is 10.8. The van der Waals surface area contributed by atoms with Crippen molar-refractivity contribution in [3.05, 3.63) is 23.3 Å². The van der Waals surface area contributed by atoms with E-state index in [1.54, 1.807) is 14.2 Å². The molecule has 0 aliphatic carbocycles. The molecule has 1 heterocycles. The first kappa shape index (κ1) is 18.0. The molecule has 0 aromatic heterocycles. The van der Waals surface area contributed by atoms with Crippen LogP contribution in [-0.2, 0) is 0 Å². The van der Waals surface area contributed by atoms with Crippen LogP contribution >= 0.6 is 0 Å². The molecule has 0 bridgehead atoms. The van der Waals surface area contributed by atoms with Crippen molar-refractivity contribution in [3.63, 3.8) is 0 Å². The fourth-order valence-electron chi connectivity index (χ4n) is 3.51. The first-order chi connectivity index (χ1) is 11.1. The van der Waals surface area contributed by atoms with Crippen molar-refractivity contribution < 1.29 is 19.7 Å². The van der Waals surface area contributed by atoms with Gasteiger partial charge in [0.25, 0.3) is 0 Å². The summed E-state index contributed by atoms with van der Waals surface area (Å²) in [6.45, 7) is 2.11.